The smallest absolute Gasteiger partial charge is 0.0811 e. The molecule has 2 heteroatoms. The van der Waals surface area contributed by atoms with Crippen molar-refractivity contribution in [1.82, 2.24) is 0 Å². The number of hydrogen-bond acceptors (Lipinski definition) is 2. The molecule has 3 atom stereocenters. The molecule has 0 radical (unpaired) electrons. The lowest BCUT2D eigenvalue weighted by molar-refractivity contribution is -0.0283. The molecule has 3 unspecified atom stereocenters. The van der Waals surface area contributed by atoms with Gasteiger partial charge in [-0.05, 0) is 36.5 Å². The Labute approximate surface area is 93.8 Å². The highest BCUT2D eigenvalue weighted by Crippen LogP contribution is 2.55. The van der Waals surface area contributed by atoms with E-state index in [4.69, 9.17) is 0 Å². The van der Waals surface area contributed by atoms with Crippen molar-refractivity contribution in [3.63, 3.8) is 0 Å². The molecule has 1 aliphatic carbocycles. The Balaban J connectivity index is 2.24. The maximum Gasteiger partial charge on any atom is 0.0811 e. The molecule has 1 rings (SSSR count). The second kappa shape index (κ2) is 5.62. The van der Waals surface area contributed by atoms with Crippen molar-refractivity contribution >= 4 is 0 Å². The fraction of sp³-hybridized carbons (Fsp3) is 1.00. The quantitative estimate of drug-likeness (QED) is 0.453. The SMILES string of the molecule is CCCCC1CC(C)(CCCN=O)C1C. The molecule has 1 fully saturated rings. The van der Waals surface area contributed by atoms with Crippen LogP contribution in [0.3, 0.4) is 0 Å². The van der Waals surface area contributed by atoms with Gasteiger partial charge in [0.15, 0.2) is 0 Å². The Hall–Kier alpha value is -0.400. The van der Waals surface area contributed by atoms with Gasteiger partial charge in [0.25, 0.3) is 0 Å². The molecule has 0 N–H and O–H groups in total. The zero-order chi connectivity index (χ0) is 11.3. The van der Waals surface area contributed by atoms with Crippen LogP contribution in [0, 0.1) is 22.2 Å². The molecule has 0 amide bonds. The first-order valence-electron chi connectivity index (χ1n) is 6.43. The van der Waals surface area contributed by atoms with Crippen LogP contribution in [0.4, 0.5) is 0 Å². The van der Waals surface area contributed by atoms with Crippen molar-refractivity contribution in [3.8, 4) is 0 Å². The van der Waals surface area contributed by atoms with E-state index in [2.05, 4.69) is 25.9 Å². The van der Waals surface area contributed by atoms with Gasteiger partial charge in [0.2, 0.25) is 0 Å². The molecule has 0 aromatic carbocycles. The second-order valence-corrected chi connectivity index (χ2v) is 5.51. The van der Waals surface area contributed by atoms with Crippen molar-refractivity contribution in [2.24, 2.45) is 22.4 Å². The summed E-state index contributed by atoms with van der Waals surface area (Å²) < 4.78 is 0. The van der Waals surface area contributed by atoms with Crippen LogP contribution >= 0.6 is 0 Å². The number of nitroso groups, excluding NO2 is 1. The van der Waals surface area contributed by atoms with Gasteiger partial charge in [-0.1, -0.05) is 45.2 Å². The summed E-state index contributed by atoms with van der Waals surface area (Å²) in [4.78, 5) is 10.0. The normalized spacial score (nSPS) is 34.9. The minimum absolute atomic E-state index is 0.502. The van der Waals surface area contributed by atoms with Crippen LogP contribution in [0.1, 0.15) is 59.3 Å². The van der Waals surface area contributed by atoms with E-state index >= 15 is 0 Å². The maximum absolute atomic E-state index is 10.0. The van der Waals surface area contributed by atoms with E-state index in [1.807, 2.05) is 0 Å². The third-order valence-corrected chi connectivity index (χ3v) is 4.46. The summed E-state index contributed by atoms with van der Waals surface area (Å²) in [5.74, 6) is 1.79. The molecule has 0 bridgehead atoms. The van der Waals surface area contributed by atoms with E-state index < -0.39 is 0 Å². The summed E-state index contributed by atoms with van der Waals surface area (Å²) in [7, 11) is 0. The van der Waals surface area contributed by atoms with Crippen LogP contribution in [0.25, 0.3) is 0 Å². The molecule has 0 spiro atoms. The van der Waals surface area contributed by atoms with Gasteiger partial charge in [0.1, 0.15) is 0 Å². The highest BCUT2D eigenvalue weighted by atomic mass is 16.3. The molecule has 0 aromatic rings. The third-order valence-electron chi connectivity index (χ3n) is 4.46. The molecule has 0 aliphatic heterocycles. The van der Waals surface area contributed by atoms with Crippen molar-refractivity contribution in [2.75, 3.05) is 6.54 Å². The summed E-state index contributed by atoms with van der Waals surface area (Å²) in [6.45, 7) is 7.53. The Morgan fingerprint density at radius 3 is 2.67 bits per heavy atom. The zero-order valence-electron chi connectivity index (χ0n) is 10.5. The van der Waals surface area contributed by atoms with Crippen LogP contribution < -0.4 is 0 Å². The average Bonchev–Trinajstić information content (AvgIpc) is 2.24. The number of rotatable bonds is 7. The molecular formula is C13H25NO. The van der Waals surface area contributed by atoms with Crippen molar-refractivity contribution < 1.29 is 0 Å². The van der Waals surface area contributed by atoms with Gasteiger partial charge < -0.3 is 0 Å². The van der Waals surface area contributed by atoms with E-state index in [1.165, 1.54) is 32.1 Å². The fourth-order valence-corrected chi connectivity index (χ4v) is 3.07. The van der Waals surface area contributed by atoms with Gasteiger partial charge in [0, 0.05) is 0 Å². The molecule has 0 saturated heterocycles. The topological polar surface area (TPSA) is 29.4 Å². The number of hydrogen-bond donors (Lipinski definition) is 0. The molecule has 0 heterocycles. The fourth-order valence-electron chi connectivity index (χ4n) is 3.07. The minimum atomic E-state index is 0.502. The van der Waals surface area contributed by atoms with Gasteiger partial charge in [-0.2, -0.15) is 4.91 Å². The highest BCUT2D eigenvalue weighted by molar-refractivity contribution is 4.95. The molecular weight excluding hydrogens is 186 g/mol. The standard InChI is InChI=1S/C13H25NO/c1-4-5-7-12-10-13(3,11(12)2)8-6-9-14-15/h11-12H,4-10H2,1-3H3. The first-order valence-corrected chi connectivity index (χ1v) is 6.43. The lowest BCUT2D eigenvalue weighted by Crippen LogP contribution is -2.44. The predicted octanol–water partition coefficient (Wildman–Crippen LogP) is 4.39. The molecule has 1 aliphatic rings. The van der Waals surface area contributed by atoms with E-state index in [1.54, 1.807) is 0 Å². The second-order valence-electron chi connectivity index (χ2n) is 5.51. The summed E-state index contributed by atoms with van der Waals surface area (Å²) in [6, 6.07) is 0. The Morgan fingerprint density at radius 2 is 2.13 bits per heavy atom. The molecule has 1 saturated carbocycles. The summed E-state index contributed by atoms with van der Waals surface area (Å²) in [5, 5.41) is 2.94. The predicted molar refractivity (Wildman–Crippen MR) is 64.8 cm³/mol. The van der Waals surface area contributed by atoms with Gasteiger partial charge in [-0.15, -0.1) is 0 Å². The summed E-state index contributed by atoms with van der Waals surface area (Å²) in [5.41, 5.74) is 0.503. The maximum atomic E-state index is 10.0. The molecule has 2 nitrogen and oxygen atoms in total. The monoisotopic (exact) mass is 211 g/mol. The molecule has 15 heavy (non-hydrogen) atoms. The van der Waals surface area contributed by atoms with Gasteiger partial charge in [0.05, 0.1) is 6.54 Å². The van der Waals surface area contributed by atoms with Crippen LogP contribution in [0.2, 0.25) is 0 Å². The largest absolute Gasteiger partial charge is 0.151 e. The Bertz CT molecular complexity index is 205. The van der Waals surface area contributed by atoms with Crippen LogP contribution in [0.15, 0.2) is 5.18 Å². The lowest BCUT2D eigenvalue weighted by Gasteiger charge is -2.53. The number of unbranched alkanes of at least 4 members (excludes halogenated alkanes) is 1. The van der Waals surface area contributed by atoms with Crippen molar-refractivity contribution in [1.29, 1.82) is 0 Å². The van der Waals surface area contributed by atoms with Crippen LogP contribution in [0.5, 0.6) is 0 Å². The molecule has 0 aromatic heterocycles. The first-order chi connectivity index (χ1) is 7.14. The van der Waals surface area contributed by atoms with Crippen LogP contribution in [-0.4, -0.2) is 6.54 Å². The zero-order valence-corrected chi connectivity index (χ0v) is 10.5. The lowest BCUT2D eigenvalue weighted by atomic mass is 9.52. The van der Waals surface area contributed by atoms with Crippen molar-refractivity contribution in [3.05, 3.63) is 4.91 Å². The third kappa shape index (κ3) is 3.02. The summed E-state index contributed by atoms with van der Waals surface area (Å²) in [6.07, 6.45) is 7.62. The van der Waals surface area contributed by atoms with Crippen LogP contribution in [-0.2, 0) is 0 Å². The van der Waals surface area contributed by atoms with Gasteiger partial charge in [-0.3, -0.25) is 0 Å². The van der Waals surface area contributed by atoms with E-state index in [-0.39, 0.29) is 0 Å². The Kier molecular flexibility index (Phi) is 4.75. The van der Waals surface area contributed by atoms with Gasteiger partial charge in [-0.25, -0.2) is 0 Å². The van der Waals surface area contributed by atoms with Crippen molar-refractivity contribution in [2.45, 2.75) is 59.3 Å². The van der Waals surface area contributed by atoms with E-state index in [9.17, 15) is 4.91 Å². The average molecular weight is 211 g/mol. The van der Waals surface area contributed by atoms with Gasteiger partial charge >= 0.3 is 0 Å². The first kappa shape index (κ1) is 12.7. The molecule has 88 valence electrons. The van der Waals surface area contributed by atoms with E-state index in [0.29, 0.717) is 12.0 Å². The minimum Gasteiger partial charge on any atom is -0.151 e. The summed E-state index contributed by atoms with van der Waals surface area (Å²) >= 11 is 0. The van der Waals surface area contributed by atoms with E-state index in [0.717, 1.165) is 18.3 Å². The number of nitrogens with zero attached hydrogens (tertiary/aromatic N) is 1. The Morgan fingerprint density at radius 1 is 1.40 bits per heavy atom. The highest BCUT2D eigenvalue weighted by Gasteiger charge is 2.46.